The molecule has 3 aromatic rings. The molecule has 0 fully saturated rings. The van der Waals surface area contributed by atoms with Crippen LogP contribution in [0.25, 0.3) is 0 Å². The van der Waals surface area contributed by atoms with Crippen LogP contribution in [0.3, 0.4) is 0 Å². The normalized spacial score (nSPS) is 10.4. The van der Waals surface area contributed by atoms with E-state index in [9.17, 15) is 4.79 Å². The van der Waals surface area contributed by atoms with Gasteiger partial charge in [0.1, 0.15) is 23.6 Å². The third-order valence-electron chi connectivity index (χ3n) is 4.08. The summed E-state index contributed by atoms with van der Waals surface area (Å²) in [5, 5.41) is 3.77. The van der Waals surface area contributed by atoms with Gasteiger partial charge in [0.05, 0.1) is 12.8 Å². The fourth-order valence-electron chi connectivity index (χ4n) is 2.55. The Morgan fingerprint density at radius 3 is 2.59 bits per heavy atom. The monoisotopic (exact) mass is 382 g/mol. The number of carbonyl (C=O) groups is 1. The maximum Gasteiger partial charge on any atom is 0.276 e. The highest BCUT2D eigenvalue weighted by atomic mass is 35.5. The summed E-state index contributed by atoms with van der Waals surface area (Å²) in [6.45, 7) is 1.90. The first-order valence-corrected chi connectivity index (χ1v) is 8.63. The van der Waals surface area contributed by atoms with Gasteiger partial charge in [-0.3, -0.25) is 4.79 Å². The standard InChI is InChI=1S/C20H19ClN4O2/c1-13-9-16(18(27-3)10-15(13)21)24-19-11-17(22-12-23-19)20(26)25(2)14-7-5-4-6-8-14/h4-12H,1-3H3,(H,22,23,24). The first kappa shape index (κ1) is 18.7. The van der Waals surface area contributed by atoms with Crippen molar-refractivity contribution in [3.63, 3.8) is 0 Å². The Morgan fingerprint density at radius 1 is 1.15 bits per heavy atom. The Bertz CT molecular complexity index is 963. The van der Waals surface area contributed by atoms with Gasteiger partial charge in [-0.25, -0.2) is 9.97 Å². The van der Waals surface area contributed by atoms with E-state index in [2.05, 4.69) is 15.3 Å². The molecule has 2 aromatic carbocycles. The number of ether oxygens (including phenoxy) is 1. The van der Waals surface area contributed by atoms with Crippen molar-refractivity contribution in [3.05, 3.63) is 71.1 Å². The first-order chi connectivity index (χ1) is 13.0. The highest BCUT2D eigenvalue weighted by Crippen LogP contribution is 2.32. The van der Waals surface area contributed by atoms with Crippen molar-refractivity contribution in [2.75, 3.05) is 24.4 Å². The Balaban J connectivity index is 1.86. The number of halogens is 1. The molecule has 0 bridgehead atoms. The number of hydrogen-bond acceptors (Lipinski definition) is 5. The van der Waals surface area contributed by atoms with Gasteiger partial charge in [-0.1, -0.05) is 29.8 Å². The molecule has 3 rings (SSSR count). The van der Waals surface area contributed by atoms with Gasteiger partial charge in [-0.2, -0.15) is 0 Å². The summed E-state index contributed by atoms with van der Waals surface area (Å²) >= 11 is 6.14. The highest BCUT2D eigenvalue weighted by molar-refractivity contribution is 6.31. The number of nitrogens with zero attached hydrogens (tertiary/aromatic N) is 3. The Hall–Kier alpha value is -3.12. The molecule has 1 aromatic heterocycles. The van der Waals surface area contributed by atoms with Crippen LogP contribution in [0.4, 0.5) is 17.2 Å². The zero-order chi connectivity index (χ0) is 19.4. The van der Waals surface area contributed by atoms with Gasteiger partial charge in [0.2, 0.25) is 0 Å². The maximum atomic E-state index is 12.7. The summed E-state index contributed by atoms with van der Waals surface area (Å²) < 4.78 is 5.36. The predicted octanol–water partition coefficient (Wildman–Crippen LogP) is 4.47. The van der Waals surface area contributed by atoms with Crippen LogP contribution in [0.2, 0.25) is 5.02 Å². The van der Waals surface area contributed by atoms with Gasteiger partial charge in [-0.05, 0) is 30.7 Å². The number of nitrogens with one attached hydrogen (secondary N) is 1. The molecule has 0 unspecified atom stereocenters. The SMILES string of the molecule is COc1cc(Cl)c(C)cc1Nc1cc(C(=O)N(C)c2ccccc2)ncn1. The number of methoxy groups -OCH3 is 1. The molecule has 0 saturated carbocycles. The van der Waals surface area contributed by atoms with Crippen LogP contribution < -0.4 is 15.0 Å². The van der Waals surface area contributed by atoms with Crippen LogP contribution >= 0.6 is 11.6 Å². The van der Waals surface area contributed by atoms with Crippen molar-refractivity contribution in [3.8, 4) is 5.75 Å². The largest absolute Gasteiger partial charge is 0.495 e. The fourth-order valence-corrected chi connectivity index (χ4v) is 2.70. The summed E-state index contributed by atoms with van der Waals surface area (Å²) in [4.78, 5) is 22.6. The van der Waals surface area contributed by atoms with Gasteiger partial charge < -0.3 is 15.0 Å². The molecule has 27 heavy (non-hydrogen) atoms. The van der Waals surface area contributed by atoms with E-state index in [0.29, 0.717) is 22.3 Å². The molecule has 7 heteroatoms. The maximum absolute atomic E-state index is 12.7. The molecule has 0 atom stereocenters. The van der Waals surface area contributed by atoms with Crippen LogP contribution in [0, 0.1) is 6.92 Å². The number of hydrogen-bond donors (Lipinski definition) is 1. The highest BCUT2D eigenvalue weighted by Gasteiger charge is 2.16. The van der Waals surface area contributed by atoms with Crippen molar-refractivity contribution in [2.45, 2.75) is 6.92 Å². The number of carbonyl (C=O) groups excluding carboxylic acids is 1. The molecule has 0 aliphatic rings. The summed E-state index contributed by atoms with van der Waals surface area (Å²) in [5.74, 6) is 0.833. The number of aryl methyl sites for hydroxylation is 1. The average Bonchev–Trinajstić information content (AvgIpc) is 2.70. The third kappa shape index (κ3) is 4.17. The summed E-state index contributed by atoms with van der Waals surface area (Å²) in [6, 6.07) is 14.6. The van der Waals surface area contributed by atoms with E-state index in [0.717, 1.165) is 11.3 Å². The fraction of sp³-hybridized carbons (Fsp3) is 0.150. The molecular formula is C20H19ClN4O2. The van der Waals surface area contributed by atoms with Crippen LogP contribution in [0.15, 0.2) is 54.9 Å². The number of amides is 1. The topological polar surface area (TPSA) is 67.3 Å². The molecule has 138 valence electrons. The molecule has 0 radical (unpaired) electrons. The minimum atomic E-state index is -0.231. The first-order valence-electron chi connectivity index (χ1n) is 8.26. The zero-order valence-corrected chi connectivity index (χ0v) is 16.0. The zero-order valence-electron chi connectivity index (χ0n) is 15.2. The van der Waals surface area contributed by atoms with Crippen molar-refractivity contribution < 1.29 is 9.53 Å². The Morgan fingerprint density at radius 2 is 1.89 bits per heavy atom. The lowest BCUT2D eigenvalue weighted by molar-refractivity contribution is 0.0988. The van der Waals surface area contributed by atoms with Gasteiger partial charge in [0, 0.05) is 29.9 Å². The molecule has 1 heterocycles. The van der Waals surface area contributed by atoms with E-state index >= 15 is 0 Å². The number of rotatable bonds is 5. The van der Waals surface area contributed by atoms with Gasteiger partial charge in [0.15, 0.2) is 0 Å². The molecule has 1 N–H and O–H groups in total. The molecule has 0 aliphatic carbocycles. The molecule has 0 aliphatic heterocycles. The van der Waals surface area contributed by atoms with E-state index in [1.54, 1.807) is 31.2 Å². The molecular weight excluding hydrogens is 364 g/mol. The second-order valence-corrected chi connectivity index (χ2v) is 6.32. The number of benzene rings is 2. The van der Waals surface area contributed by atoms with Crippen molar-refractivity contribution in [1.82, 2.24) is 9.97 Å². The lowest BCUT2D eigenvalue weighted by atomic mass is 10.2. The van der Waals surface area contributed by atoms with E-state index < -0.39 is 0 Å². The lowest BCUT2D eigenvalue weighted by Gasteiger charge is -2.17. The molecule has 6 nitrogen and oxygen atoms in total. The van der Waals surface area contributed by atoms with E-state index in [-0.39, 0.29) is 11.6 Å². The predicted molar refractivity (Wildman–Crippen MR) is 107 cm³/mol. The average molecular weight is 383 g/mol. The second-order valence-electron chi connectivity index (χ2n) is 5.91. The lowest BCUT2D eigenvalue weighted by Crippen LogP contribution is -2.27. The van der Waals surface area contributed by atoms with Crippen molar-refractivity contribution in [1.29, 1.82) is 0 Å². The van der Waals surface area contributed by atoms with Crippen LogP contribution in [-0.2, 0) is 0 Å². The van der Waals surface area contributed by atoms with E-state index in [1.807, 2.05) is 43.3 Å². The van der Waals surface area contributed by atoms with Crippen molar-refractivity contribution in [2.24, 2.45) is 0 Å². The number of para-hydroxylation sites is 1. The van der Waals surface area contributed by atoms with Crippen LogP contribution in [0.1, 0.15) is 16.1 Å². The second kappa shape index (κ2) is 8.05. The quantitative estimate of drug-likeness (QED) is 0.705. The molecule has 0 saturated heterocycles. The smallest absolute Gasteiger partial charge is 0.276 e. The minimum absolute atomic E-state index is 0.231. The van der Waals surface area contributed by atoms with Crippen LogP contribution in [-0.4, -0.2) is 30.0 Å². The summed E-state index contributed by atoms with van der Waals surface area (Å²) in [7, 11) is 3.27. The van der Waals surface area contributed by atoms with Crippen molar-refractivity contribution >= 4 is 34.7 Å². The Kier molecular flexibility index (Phi) is 5.57. The molecule has 0 spiro atoms. The summed E-state index contributed by atoms with van der Waals surface area (Å²) in [5.41, 5.74) is 2.66. The number of anilines is 3. The number of aromatic nitrogens is 2. The minimum Gasteiger partial charge on any atom is -0.495 e. The van der Waals surface area contributed by atoms with Gasteiger partial charge >= 0.3 is 0 Å². The van der Waals surface area contributed by atoms with E-state index in [1.165, 1.54) is 6.33 Å². The van der Waals surface area contributed by atoms with E-state index in [4.69, 9.17) is 16.3 Å². The van der Waals surface area contributed by atoms with Gasteiger partial charge in [-0.15, -0.1) is 0 Å². The van der Waals surface area contributed by atoms with Crippen LogP contribution in [0.5, 0.6) is 5.75 Å². The summed E-state index contributed by atoms with van der Waals surface area (Å²) in [6.07, 6.45) is 1.35. The third-order valence-corrected chi connectivity index (χ3v) is 4.49. The van der Waals surface area contributed by atoms with Gasteiger partial charge in [0.25, 0.3) is 5.91 Å². The Labute approximate surface area is 162 Å². The molecule has 1 amide bonds.